The molecular weight excluding hydrogens is 343 g/mol. The molecule has 0 fully saturated rings. The summed E-state index contributed by atoms with van der Waals surface area (Å²) >= 11 is 0. The minimum absolute atomic E-state index is 0.101. The standard InChI is InChI=1S/C19H22F3N3O/c1-2-16(26)11-25-10-14(9-23-25)13-3-5-24(6-4-13)12-17-18(21)7-15(20)8-19(17)22/h3,7-10,16,26H,2,4-6,11-12H2,1H3/t16-/m1/s1. The molecule has 1 aromatic heterocycles. The maximum atomic E-state index is 13.8. The molecular formula is C19H22F3N3O. The second kappa shape index (κ2) is 8.05. The van der Waals surface area contributed by atoms with E-state index in [1.165, 1.54) is 0 Å². The molecule has 0 radical (unpaired) electrons. The van der Waals surface area contributed by atoms with E-state index in [0.29, 0.717) is 38.2 Å². The van der Waals surface area contributed by atoms with Gasteiger partial charge in [-0.2, -0.15) is 5.10 Å². The second-order valence-corrected chi connectivity index (χ2v) is 6.58. The highest BCUT2D eigenvalue weighted by molar-refractivity contribution is 5.65. The molecule has 0 amide bonds. The lowest BCUT2D eigenvalue weighted by atomic mass is 10.0. The molecule has 1 atom stereocenters. The molecule has 1 aromatic carbocycles. The van der Waals surface area contributed by atoms with Crippen molar-refractivity contribution in [1.82, 2.24) is 14.7 Å². The van der Waals surface area contributed by atoms with Crippen LogP contribution in [-0.4, -0.2) is 39.0 Å². The van der Waals surface area contributed by atoms with Crippen LogP contribution in [0.2, 0.25) is 0 Å². The summed E-state index contributed by atoms with van der Waals surface area (Å²) < 4.78 is 42.3. The van der Waals surface area contributed by atoms with E-state index in [0.717, 1.165) is 17.6 Å². The van der Waals surface area contributed by atoms with Gasteiger partial charge in [-0.25, -0.2) is 13.2 Å². The summed E-state index contributed by atoms with van der Waals surface area (Å²) in [6.07, 6.45) is 6.66. The van der Waals surface area contributed by atoms with Gasteiger partial charge in [-0.1, -0.05) is 13.0 Å². The van der Waals surface area contributed by atoms with Crippen molar-refractivity contribution >= 4 is 5.57 Å². The van der Waals surface area contributed by atoms with E-state index in [-0.39, 0.29) is 12.1 Å². The lowest BCUT2D eigenvalue weighted by Gasteiger charge is -2.26. The minimum atomic E-state index is -0.908. The van der Waals surface area contributed by atoms with E-state index < -0.39 is 23.6 Å². The third-order valence-electron chi connectivity index (χ3n) is 4.65. The number of aliphatic hydroxyl groups is 1. The van der Waals surface area contributed by atoms with E-state index in [2.05, 4.69) is 5.10 Å². The molecule has 1 aliphatic rings. The van der Waals surface area contributed by atoms with Crippen molar-refractivity contribution in [3.63, 3.8) is 0 Å². The Balaban J connectivity index is 1.64. The van der Waals surface area contributed by atoms with Crippen LogP contribution in [0.1, 0.15) is 30.9 Å². The number of rotatable bonds is 6. The van der Waals surface area contributed by atoms with Crippen LogP contribution >= 0.6 is 0 Å². The van der Waals surface area contributed by atoms with Crippen LogP contribution in [0.25, 0.3) is 5.57 Å². The molecule has 0 spiro atoms. The molecule has 7 heteroatoms. The first-order valence-corrected chi connectivity index (χ1v) is 8.72. The van der Waals surface area contributed by atoms with Gasteiger partial charge in [-0.05, 0) is 18.4 Å². The highest BCUT2D eigenvalue weighted by Crippen LogP contribution is 2.24. The Morgan fingerprint density at radius 3 is 2.58 bits per heavy atom. The molecule has 2 heterocycles. The Kier molecular flexibility index (Phi) is 5.78. The lowest BCUT2D eigenvalue weighted by molar-refractivity contribution is 0.145. The Bertz CT molecular complexity index is 780. The van der Waals surface area contributed by atoms with Crippen LogP contribution in [0.3, 0.4) is 0 Å². The fraction of sp³-hybridized carbons (Fsp3) is 0.421. The van der Waals surface area contributed by atoms with Gasteiger partial charge in [0.2, 0.25) is 0 Å². The maximum absolute atomic E-state index is 13.8. The molecule has 0 bridgehead atoms. The first kappa shape index (κ1) is 18.7. The third-order valence-corrected chi connectivity index (χ3v) is 4.65. The summed E-state index contributed by atoms with van der Waals surface area (Å²) in [7, 11) is 0. The van der Waals surface area contributed by atoms with E-state index in [9.17, 15) is 18.3 Å². The van der Waals surface area contributed by atoms with Crippen LogP contribution in [0.4, 0.5) is 13.2 Å². The van der Waals surface area contributed by atoms with E-state index in [1.54, 1.807) is 10.9 Å². The zero-order chi connectivity index (χ0) is 18.7. The number of hydrogen-bond acceptors (Lipinski definition) is 3. The summed E-state index contributed by atoms with van der Waals surface area (Å²) in [4.78, 5) is 1.91. The average Bonchev–Trinajstić information content (AvgIpc) is 3.07. The molecule has 4 nitrogen and oxygen atoms in total. The highest BCUT2D eigenvalue weighted by atomic mass is 19.1. The Labute approximate surface area is 150 Å². The molecule has 0 aliphatic carbocycles. The molecule has 1 N–H and O–H groups in total. The van der Waals surface area contributed by atoms with Crippen LogP contribution in [0.5, 0.6) is 0 Å². The van der Waals surface area contributed by atoms with Gasteiger partial charge in [-0.15, -0.1) is 0 Å². The molecule has 1 aliphatic heterocycles. The van der Waals surface area contributed by atoms with Crippen molar-refractivity contribution in [1.29, 1.82) is 0 Å². The second-order valence-electron chi connectivity index (χ2n) is 6.58. The molecule has 0 saturated carbocycles. The number of benzene rings is 1. The molecule has 140 valence electrons. The topological polar surface area (TPSA) is 41.3 Å². The summed E-state index contributed by atoms with van der Waals surface area (Å²) in [5.74, 6) is -2.61. The summed E-state index contributed by atoms with van der Waals surface area (Å²) in [6, 6.07) is 1.42. The van der Waals surface area contributed by atoms with E-state index in [1.807, 2.05) is 24.1 Å². The largest absolute Gasteiger partial charge is 0.391 e. The quantitative estimate of drug-likeness (QED) is 0.854. The predicted molar refractivity (Wildman–Crippen MR) is 92.7 cm³/mol. The lowest BCUT2D eigenvalue weighted by Crippen LogP contribution is -2.29. The van der Waals surface area contributed by atoms with Crippen molar-refractivity contribution in [2.45, 2.75) is 39.0 Å². The van der Waals surface area contributed by atoms with Crippen molar-refractivity contribution in [2.75, 3.05) is 13.1 Å². The zero-order valence-electron chi connectivity index (χ0n) is 14.6. The van der Waals surface area contributed by atoms with Crippen LogP contribution in [0, 0.1) is 17.5 Å². The van der Waals surface area contributed by atoms with Gasteiger partial charge < -0.3 is 5.11 Å². The third kappa shape index (κ3) is 4.34. The van der Waals surface area contributed by atoms with E-state index in [4.69, 9.17) is 0 Å². The Morgan fingerprint density at radius 2 is 1.96 bits per heavy atom. The molecule has 26 heavy (non-hydrogen) atoms. The van der Waals surface area contributed by atoms with Gasteiger partial charge >= 0.3 is 0 Å². The van der Waals surface area contributed by atoms with Gasteiger partial charge in [-0.3, -0.25) is 9.58 Å². The number of hydrogen-bond donors (Lipinski definition) is 1. The van der Waals surface area contributed by atoms with Gasteiger partial charge in [0.1, 0.15) is 17.5 Å². The maximum Gasteiger partial charge on any atom is 0.133 e. The van der Waals surface area contributed by atoms with Gasteiger partial charge in [0, 0.05) is 49.1 Å². The Morgan fingerprint density at radius 1 is 1.23 bits per heavy atom. The molecule has 2 aromatic rings. The van der Waals surface area contributed by atoms with Crippen molar-refractivity contribution in [3.8, 4) is 0 Å². The van der Waals surface area contributed by atoms with Crippen LogP contribution in [0.15, 0.2) is 30.6 Å². The molecule has 0 saturated heterocycles. The normalized spacial score (nSPS) is 16.6. The first-order chi connectivity index (χ1) is 12.5. The summed E-state index contributed by atoms with van der Waals surface area (Å²) in [5, 5.41) is 14.0. The number of halogens is 3. The zero-order valence-corrected chi connectivity index (χ0v) is 14.6. The molecule has 0 unspecified atom stereocenters. The Hall–Kier alpha value is -2.12. The van der Waals surface area contributed by atoms with Crippen molar-refractivity contribution in [2.24, 2.45) is 0 Å². The van der Waals surface area contributed by atoms with Gasteiger partial charge in [0.15, 0.2) is 0 Å². The van der Waals surface area contributed by atoms with Crippen molar-refractivity contribution in [3.05, 3.63) is 59.2 Å². The van der Waals surface area contributed by atoms with Crippen LogP contribution in [-0.2, 0) is 13.1 Å². The van der Waals surface area contributed by atoms with Gasteiger partial charge in [0.25, 0.3) is 0 Å². The monoisotopic (exact) mass is 365 g/mol. The van der Waals surface area contributed by atoms with Crippen LogP contribution < -0.4 is 0 Å². The number of aromatic nitrogens is 2. The minimum Gasteiger partial charge on any atom is -0.391 e. The predicted octanol–water partition coefficient (Wildman–Crippen LogP) is 3.36. The highest BCUT2D eigenvalue weighted by Gasteiger charge is 2.19. The fourth-order valence-electron chi connectivity index (χ4n) is 3.04. The fourth-order valence-corrected chi connectivity index (χ4v) is 3.04. The number of nitrogens with zero attached hydrogens (tertiary/aromatic N) is 3. The van der Waals surface area contributed by atoms with Crippen molar-refractivity contribution < 1.29 is 18.3 Å². The van der Waals surface area contributed by atoms with Gasteiger partial charge in [0.05, 0.1) is 18.8 Å². The average molecular weight is 365 g/mol. The summed E-state index contributed by atoms with van der Waals surface area (Å²) in [6.45, 7) is 3.67. The van der Waals surface area contributed by atoms with E-state index >= 15 is 0 Å². The number of aliphatic hydroxyl groups excluding tert-OH is 1. The smallest absolute Gasteiger partial charge is 0.133 e. The summed E-state index contributed by atoms with van der Waals surface area (Å²) in [5.41, 5.74) is 2.01. The SMILES string of the molecule is CC[C@@H](O)Cn1cc(C2=CCN(Cc3c(F)cc(F)cc3F)CC2)cn1. The molecule has 3 rings (SSSR count). The first-order valence-electron chi connectivity index (χ1n) is 8.72.